The molecule has 0 radical (unpaired) electrons. The number of ketones is 1. The van der Waals surface area contributed by atoms with Crippen molar-refractivity contribution in [1.82, 2.24) is 0 Å². The summed E-state index contributed by atoms with van der Waals surface area (Å²) in [6.45, 7) is 2.09. The molecule has 0 unspecified atom stereocenters. The van der Waals surface area contributed by atoms with Gasteiger partial charge in [-0.2, -0.15) is 0 Å². The van der Waals surface area contributed by atoms with Crippen LogP contribution in [0.25, 0.3) is 0 Å². The van der Waals surface area contributed by atoms with Gasteiger partial charge in [0.1, 0.15) is 11.7 Å². The van der Waals surface area contributed by atoms with Gasteiger partial charge in [-0.05, 0) is 31.4 Å². The minimum atomic E-state index is -0.254. The first-order valence-corrected chi connectivity index (χ1v) is 6.75. The molecule has 1 aliphatic carbocycles. The van der Waals surface area contributed by atoms with Crippen molar-refractivity contribution in [2.75, 3.05) is 5.33 Å². The molecule has 0 aromatic carbocycles. The van der Waals surface area contributed by atoms with Gasteiger partial charge >= 0.3 is 0 Å². The number of Topliss-reactive ketones (excluding diaryl/α,β-unsaturated/α-hetero) is 1. The lowest BCUT2D eigenvalue weighted by Crippen LogP contribution is -2.48. The number of fused-ring (bicyclic) bond motifs is 1. The molecule has 1 saturated heterocycles. The van der Waals surface area contributed by atoms with E-state index in [-0.39, 0.29) is 17.1 Å². The van der Waals surface area contributed by atoms with Gasteiger partial charge in [0.05, 0.1) is 5.41 Å². The number of hydrogen-bond donors (Lipinski definition) is 0. The van der Waals surface area contributed by atoms with Gasteiger partial charge in [-0.15, -0.1) is 0 Å². The molecule has 82 valence electrons. The Labute approximate surface area is 98.2 Å². The Balaban J connectivity index is 2.11. The van der Waals surface area contributed by atoms with Crippen LogP contribution in [0.4, 0.5) is 0 Å². The van der Waals surface area contributed by atoms with E-state index in [0.29, 0.717) is 5.78 Å². The molecule has 3 atom stereocenters. The van der Waals surface area contributed by atoms with Crippen LogP contribution in [-0.2, 0) is 9.53 Å². The smallest absolute Gasteiger partial charge is 0.174 e. The SMILES string of the molecule is C[C@]12CCCC[C@]13C=C(CBr)[C@@H](O3)C2=O. The maximum absolute atomic E-state index is 12.3. The third-order valence-electron chi connectivity index (χ3n) is 4.43. The highest BCUT2D eigenvalue weighted by Gasteiger charge is 2.66. The Bertz CT molecular complexity index is 363. The van der Waals surface area contributed by atoms with Gasteiger partial charge in [0.15, 0.2) is 5.78 Å². The van der Waals surface area contributed by atoms with Gasteiger partial charge in [-0.25, -0.2) is 0 Å². The highest BCUT2D eigenvalue weighted by Crippen LogP contribution is 2.58. The quantitative estimate of drug-likeness (QED) is 0.541. The van der Waals surface area contributed by atoms with Crippen LogP contribution in [0.15, 0.2) is 11.6 Å². The molecule has 3 aliphatic rings. The fourth-order valence-electron chi connectivity index (χ4n) is 3.42. The summed E-state index contributed by atoms with van der Waals surface area (Å²) in [6.07, 6.45) is 6.34. The lowest BCUT2D eigenvalue weighted by Gasteiger charge is -2.42. The molecular formula is C12H15BrO2. The summed E-state index contributed by atoms with van der Waals surface area (Å²) in [5, 5.41) is 0.765. The number of hydrogen-bond acceptors (Lipinski definition) is 2. The first-order chi connectivity index (χ1) is 7.13. The molecule has 2 heterocycles. The van der Waals surface area contributed by atoms with Crippen LogP contribution in [0.3, 0.4) is 0 Å². The summed E-state index contributed by atoms with van der Waals surface area (Å²) in [7, 11) is 0. The maximum atomic E-state index is 12.3. The molecule has 3 heteroatoms. The van der Waals surface area contributed by atoms with E-state index in [9.17, 15) is 4.79 Å². The van der Waals surface area contributed by atoms with Gasteiger partial charge in [0, 0.05) is 5.33 Å². The Morgan fingerprint density at radius 1 is 1.53 bits per heavy atom. The fourth-order valence-corrected chi connectivity index (χ4v) is 3.88. The second-order valence-electron chi connectivity index (χ2n) is 5.14. The van der Waals surface area contributed by atoms with Crippen molar-refractivity contribution in [2.24, 2.45) is 5.41 Å². The highest BCUT2D eigenvalue weighted by molar-refractivity contribution is 9.09. The number of carbonyl (C=O) groups excluding carboxylic acids is 1. The molecular weight excluding hydrogens is 256 g/mol. The summed E-state index contributed by atoms with van der Waals surface area (Å²) < 4.78 is 6.01. The lowest BCUT2D eigenvalue weighted by molar-refractivity contribution is -0.128. The van der Waals surface area contributed by atoms with Crippen LogP contribution in [0, 0.1) is 5.41 Å². The molecule has 1 saturated carbocycles. The summed E-state index contributed by atoms with van der Waals surface area (Å²) in [6, 6.07) is 0. The van der Waals surface area contributed by atoms with E-state index >= 15 is 0 Å². The van der Waals surface area contributed by atoms with Crippen LogP contribution < -0.4 is 0 Å². The molecule has 0 aromatic rings. The lowest BCUT2D eigenvalue weighted by atomic mass is 9.60. The van der Waals surface area contributed by atoms with Crippen LogP contribution in [0.5, 0.6) is 0 Å². The van der Waals surface area contributed by atoms with Gasteiger partial charge in [0.2, 0.25) is 0 Å². The number of halogens is 1. The first-order valence-electron chi connectivity index (χ1n) is 5.63. The van der Waals surface area contributed by atoms with Gasteiger partial charge in [-0.3, -0.25) is 4.79 Å². The van der Waals surface area contributed by atoms with E-state index in [4.69, 9.17) is 4.74 Å². The fraction of sp³-hybridized carbons (Fsp3) is 0.750. The second kappa shape index (κ2) is 2.95. The van der Waals surface area contributed by atoms with Crippen molar-refractivity contribution >= 4 is 21.7 Å². The van der Waals surface area contributed by atoms with Gasteiger partial charge < -0.3 is 4.74 Å². The summed E-state index contributed by atoms with van der Waals surface area (Å²) in [5.74, 6) is 0.319. The number of alkyl halides is 1. The third kappa shape index (κ3) is 1.01. The van der Waals surface area contributed by atoms with Crippen molar-refractivity contribution in [1.29, 1.82) is 0 Å². The van der Waals surface area contributed by atoms with Crippen LogP contribution >= 0.6 is 15.9 Å². The molecule has 2 bridgehead atoms. The van der Waals surface area contributed by atoms with Crippen molar-refractivity contribution in [2.45, 2.75) is 44.3 Å². The molecule has 1 spiro atoms. The zero-order valence-electron chi connectivity index (χ0n) is 8.88. The molecule has 0 amide bonds. The van der Waals surface area contributed by atoms with E-state index in [0.717, 1.165) is 30.2 Å². The third-order valence-corrected chi connectivity index (χ3v) is 5.08. The Morgan fingerprint density at radius 3 is 3.00 bits per heavy atom. The molecule has 3 rings (SSSR count). The van der Waals surface area contributed by atoms with Crippen molar-refractivity contribution in [3.05, 3.63) is 11.6 Å². The Kier molecular flexibility index (Phi) is 1.97. The molecule has 0 aromatic heterocycles. The monoisotopic (exact) mass is 270 g/mol. The molecule has 2 fully saturated rings. The predicted octanol–water partition coefficient (Wildman–Crippen LogP) is 2.61. The first kappa shape index (κ1) is 10.0. The van der Waals surface area contributed by atoms with E-state index in [1.165, 1.54) is 6.42 Å². The van der Waals surface area contributed by atoms with Crippen LogP contribution in [-0.4, -0.2) is 22.8 Å². The Hall–Kier alpha value is -0.150. The average molecular weight is 271 g/mol. The predicted molar refractivity (Wildman–Crippen MR) is 61.1 cm³/mol. The van der Waals surface area contributed by atoms with E-state index in [1.54, 1.807) is 0 Å². The van der Waals surface area contributed by atoms with E-state index in [1.807, 2.05) is 0 Å². The molecule has 0 N–H and O–H groups in total. The van der Waals surface area contributed by atoms with Crippen molar-refractivity contribution in [3.8, 4) is 0 Å². The zero-order valence-corrected chi connectivity index (χ0v) is 10.5. The topological polar surface area (TPSA) is 26.3 Å². The largest absolute Gasteiger partial charge is 0.354 e. The molecule has 2 nitrogen and oxygen atoms in total. The maximum Gasteiger partial charge on any atom is 0.174 e. The molecule has 2 aliphatic heterocycles. The summed E-state index contributed by atoms with van der Waals surface area (Å²) >= 11 is 3.44. The van der Waals surface area contributed by atoms with E-state index in [2.05, 4.69) is 28.9 Å². The summed E-state index contributed by atoms with van der Waals surface area (Å²) in [5.41, 5.74) is 0.650. The van der Waals surface area contributed by atoms with Crippen molar-refractivity contribution < 1.29 is 9.53 Å². The zero-order chi connectivity index (χ0) is 10.7. The van der Waals surface area contributed by atoms with Crippen LogP contribution in [0.2, 0.25) is 0 Å². The number of ether oxygens (including phenoxy) is 1. The summed E-state index contributed by atoms with van der Waals surface area (Å²) in [4.78, 5) is 12.3. The van der Waals surface area contributed by atoms with E-state index < -0.39 is 0 Å². The normalized spacial score (nSPS) is 48.0. The van der Waals surface area contributed by atoms with Gasteiger partial charge in [-0.1, -0.05) is 28.8 Å². The average Bonchev–Trinajstić information content (AvgIpc) is 2.71. The van der Waals surface area contributed by atoms with Gasteiger partial charge in [0.25, 0.3) is 0 Å². The number of rotatable bonds is 1. The number of carbonyl (C=O) groups is 1. The minimum absolute atomic E-state index is 0.235. The highest BCUT2D eigenvalue weighted by atomic mass is 79.9. The Morgan fingerprint density at radius 2 is 2.27 bits per heavy atom. The molecule has 15 heavy (non-hydrogen) atoms. The standard InChI is InChI=1S/C12H15BrO2/c1-11-4-2-3-5-12(11)6-8(7-13)9(15-12)10(11)14/h6,9H,2-5,7H2,1H3/t9-,11-,12+/m1/s1. The second-order valence-corrected chi connectivity index (χ2v) is 5.70. The van der Waals surface area contributed by atoms with Crippen LogP contribution in [0.1, 0.15) is 32.6 Å². The minimum Gasteiger partial charge on any atom is -0.354 e. The van der Waals surface area contributed by atoms with Crippen molar-refractivity contribution in [3.63, 3.8) is 0 Å².